The van der Waals surface area contributed by atoms with Crippen molar-refractivity contribution < 1.29 is 18.7 Å². The Morgan fingerprint density at radius 3 is 2.54 bits per heavy atom. The van der Waals surface area contributed by atoms with Gasteiger partial charge in [0.15, 0.2) is 5.96 Å². The van der Waals surface area contributed by atoms with E-state index in [-0.39, 0.29) is 23.8 Å². The second-order valence-corrected chi connectivity index (χ2v) is 5.30. The molecule has 0 aromatic heterocycles. The SMILES string of the molecule is N/C=C(\N=C(N)N1CCN(CC(=O)O)CC1)c1cc(F)ccc1F. The highest BCUT2D eigenvalue weighted by atomic mass is 19.1. The minimum absolute atomic E-state index is 0.0254. The lowest BCUT2D eigenvalue weighted by Gasteiger charge is -2.34. The van der Waals surface area contributed by atoms with E-state index >= 15 is 0 Å². The number of nitrogens with zero attached hydrogens (tertiary/aromatic N) is 3. The van der Waals surface area contributed by atoms with Crippen LogP contribution in [0.3, 0.4) is 0 Å². The van der Waals surface area contributed by atoms with Crippen LogP contribution in [0.25, 0.3) is 5.70 Å². The lowest BCUT2D eigenvalue weighted by Crippen LogP contribution is -2.52. The maximum Gasteiger partial charge on any atom is 0.317 e. The predicted molar refractivity (Wildman–Crippen MR) is 85.8 cm³/mol. The average molecular weight is 339 g/mol. The van der Waals surface area contributed by atoms with Gasteiger partial charge >= 0.3 is 5.97 Å². The van der Waals surface area contributed by atoms with Crippen LogP contribution in [0.1, 0.15) is 5.56 Å². The van der Waals surface area contributed by atoms with Gasteiger partial charge in [0, 0.05) is 37.9 Å². The van der Waals surface area contributed by atoms with Gasteiger partial charge < -0.3 is 21.5 Å². The van der Waals surface area contributed by atoms with Crippen molar-refractivity contribution in [3.8, 4) is 0 Å². The lowest BCUT2D eigenvalue weighted by atomic mass is 10.1. The smallest absolute Gasteiger partial charge is 0.317 e. The Morgan fingerprint density at radius 1 is 1.29 bits per heavy atom. The van der Waals surface area contributed by atoms with Crippen LogP contribution in [0, 0.1) is 11.6 Å². The molecule has 2 rings (SSSR count). The highest BCUT2D eigenvalue weighted by molar-refractivity contribution is 5.85. The molecule has 1 aliphatic heterocycles. The number of halogens is 2. The van der Waals surface area contributed by atoms with Gasteiger partial charge in [-0.2, -0.15) is 0 Å². The summed E-state index contributed by atoms with van der Waals surface area (Å²) in [7, 11) is 0. The lowest BCUT2D eigenvalue weighted by molar-refractivity contribution is -0.138. The Bertz CT molecular complexity index is 670. The molecule has 5 N–H and O–H groups in total. The number of hydrogen-bond acceptors (Lipinski definition) is 4. The maximum atomic E-state index is 13.8. The molecule has 0 unspecified atom stereocenters. The number of piperazine rings is 1. The quantitative estimate of drug-likeness (QED) is 0.536. The number of rotatable bonds is 4. The van der Waals surface area contributed by atoms with Crippen molar-refractivity contribution in [1.82, 2.24) is 9.80 Å². The summed E-state index contributed by atoms with van der Waals surface area (Å²) >= 11 is 0. The molecule has 0 radical (unpaired) electrons. The normalized spacial score (nSPS) is 17.2. The number of carboxylic acids is 1. The zero-order valence-electron chi connectivity index (χ0n) is 13.0. The van der Waals surface area contributed by atoms with E-state index in [4.69, 9.17) is 16.6 Å². The molecule has 1 heterocycles. The molecular formula is C15H19F2N5O2. The van der Waals surface area contributed by atoms with Crippen molar-refractivity contribution in [2.24, 2.45) is 16.5 Å². The van der Waals surface area contributed by atoms with Crippen molar-refractivity contribution in [3.05, 3.63) is 41.6 Å². The number of nitrogens with two attached hydrogens (primary N) is 2. The summed E-state index contributed by atoms with van der Waals surface area (Å²) in [5.41, 5.74) is 11.3. The van der Waals surface area contributed by atoms with E-state index in [1.165, 1.54) is 0 Å². The van der Waals surface area contributed by atoms with Gasteiger partial charge in [0.2, 0.25) is 0 Å². The van der Waals surface area contributed by atoms with Crippen molar-refractivity contribution in [2.75, 3.05) is 32.7 Å². The van der Waals surface area contributed by atoms with Gasteiger partial charge in [-0.05, 0) is 18.2 Å². The van der Waals surface area contributed by atoms with Crippen LogP contribution in [0.4, 0.5) is 8.78 Å². The zero-order chi connectivity index (χ0) is 17.7. The first-order valence-electron chi connectivity index (χ1n) is 7.31. The fourth-order valence-corrected chi connectivity index (χ4v) is 2.40. The molecule has 1 fully saturated rings. The Hall–Kier alpha value is -2.68. The first-order valence-corrected chi connectivity index (χ1v) is 7.31. The average Bonchev–Trinajstić information content (AvgIpc) is 2.55. The van der Waals surface area contributed by atoms with E-state index in [1.807, 2.05) is 0 Å². The first-order chi connectivity index (χ1) is 11.4. The van der Waals surface area contributed by atoms with Crippen molar-refractivity contribution >= 4 is 17.6 Å². The molecule has 1 aromatic carbocycles. The number of guanidine groups is 1. The molecule has 130 valence electrons. The van der Waals surface area contributed by atoms with Gasteiger partial charge in [-0.3, -0.25) is 9.69 Å². The molecule has 0 spiro atoms. The molecule has 1 aromatic rings. The topological polar surface area (TPSA) is 108 Å². The summed E-state index contributed by atoms with van der Waals surface area (Å²) in [6, 6.07) is 2.99. The van der Waals surface area contributed by atoms with Crippen molar-refractivity contribution in [3.63, 3.8) is 0 Å². The van der Waals surface area contributed by atoms with Gasteiger partial charge in [-0.25, -0.2) is 13.8 Å². The number of benzene rings is 1. The molecule has 0 amide bonds. The Balaban J connectivity index is 2.09. The molecule has 24 heavy (non-hydrogen) atoms. The second kappa shape index (κ2) is 7.73. The minimum Gasteiger partial charge on any atom is -0.480 e. The van der Waals surface area contributed by atoms with Crippen LogP contribution in [0.5, 0.6) is 0 Å². The molecule has 7 nitrogen and oxygen atoms in total. The van der Waals surface area contributed by atoms with Crippen molar-refractivity contribution in [2.45, 2.75) is 0 Å². The number of hydrogen-bond donors (Lipinski definition) is 3. The van der Waals surface area contributed by atoms with Gasteiger partial charge in [-0.1, -0.05) is 0 Å². The Morgan fingerprint density at radius 2 is 1.96 bits per heavy atom. The van der Waals surface area contributed by atoms with Crippen LogP contribution >= 0.6 is 0 Å². The van der Waals surface area contributed by atoms with E-state index in [0.717, 1.165) is 24.4 Å². The summed E-state index contributed by atoms with van der Waals surface area (Å²) < 4.78 is 27.1. The van der Waals surface area contributed by atoms with Crippen LogP contribution in [0.2, 0.25) is 0 Å². The van der Waals surface area contributed by atoms with Crippen molar-refractivity contribution in [1.29, 1.82) is 0 Å². The van der Waals surface area contributed by atoms with Crippen LogP contribution in [0.15, 0.2) is 29.4 Å². The molecular weight excluding hydrogens is 320 g/mol. The molecule has 0 bridgehead atoms. The van der Waals surface area contributed by atoms with Gasteiger partial charge in [0.1, 0.15) is 11.6 Å². The number of carboxylic acid groups (broad SMARTS) is 1. The number of carbonyl (C=O) groups is 1. The second-order valence-electron chi connectivity index (χ2n) is 5.30. The van der Waals surface area contributed by atoms with Crippen LogP contribution in [-0.4, -0.2) is 59.6 Å². The molecule has 0 saturated carbocycles. The van der Waals surface area contributed by atoms with E-state index < -0.39 is 17.6 Å². The van der Waals surface area contributed by atoms with Gasteiger partial charge in [0.05, 0.1) is 12.2 Å². The van der Waals surface area contributed by atoms with Gasteiger partial charge in [0.25, 0.3) is 0 Å². The summed E-state index contributed by atoms with van der Waals surface area (Å²) in [6.45, 7) is 1.95. The molecule has 0 aliphatic carbocycles. The Labute approximate surface area is 137 Å². The number of aliphatic carboxylic acids is 1. The molecule has 1 aliphatic rings. The van der Waals surface area contributed by atoms with Crippen LogP contribution in [-0.2, 0) is 4.79 Å². The van der Waals surface area contributed by atoms with E-state index in [0.29, 0.717) is 26.2 Å². The highest BCUT2D eigenvalue weighted by Gasteiger charge is 2.20. The molecule has 0 atom stereocenters. The Kier molecular flexibility index (Phi) is 5.69. The third-order valence-corrected chi connectivity index (χ3v) is 3.65. The zero-order valence-corrected chi connectivity index (χ0v) is 13.0. The summed E-state index contributed by atoms with van der Waals surface area (Å²) in [6.07, 6.45) is 1.06. The van der Waals surface area contributed by atoms with E-state index in [1.54, 1.807) is 9.80 Å². The van der Waals surface area contributed by atoms with Crippen LogP contribution < -0.4 is 11.5 Å². The number of aliphatic imine (C=N–C) groups is 1. The first kappa shape index (κ1) is 17.7. The molecule has 1 saturated heterocycles. The standard InChI is InChI=1S/C15H19F2N5O2/c16-10-1-2-12(17)11(7-10)13(8-18)20-15(19)22-5-3-21(4-6-22)9-14(23)24/h1-2,7-8H,3-6,9,18H2,(H2,19,20)(H,23,24)/b13-8-. The highest BCUT2D eigenvalue weighted by Crippen LogP contribution is 2.20. The van der Waals surface area contributed by atoms with E-state index in [2.05, 4.69) is 4.99 Å². The fraction of sp³-hybridized carbons (Fsp3) is 0.333. The summed E-state index contributed by atoms with van der Waals surface area (Å²) in [5, 5.41) is 8.77. The largest absolute Gasteiger partial charge is 0.480 e. The fourth-order valence-electron chi connectivity index (χ4n) is 2.40. The monoisotopic (exact) mass is 339 g/mol. The van der Waals surface area contributed by atoms with E-state index in [9.17, 15) is 13.6 Å². The third kappa shape index (κ3) is 4.42. The minimum atomic E-state index is -0.889. The third-order valence-electron chi connectivity index (χ3n) is 3.65. The molecule has 9 heteroatoms. The maximum absolute atomic E-state index is 13.8. The van der Waals surface area contributed by atoms with Gasteiger partial charge in [-0.15, -0.1) is 0 Å². The predicted octanol–water partition coefficient (Wildman–Crippen LogP) is 0.239. The summed E-state index contributed by atoms with van der Waals surface area (Å²) in [5.74, 6) is -2.04. The summed E-state index contributed by atoms with van der Waals surface area (Å²) in [4.78, 5) is 18.3.